The second kappa shape index (κ2) is 28.4. The van der Waals surface area contributed by atoms with Gasteiger partial charge in [0, 0.05) is 25.4 Å². The SMILES string of the molecule is CC(C)C(NC(=O)C(N)CCCCN(CCCCCCO)CC(O)CCC(O)CO)C(=O)N[C@@H](CCCNC(N)=O)C(=O)Nc1ccc(COC(=O)O)cc1. The van der Waals surface area contributed by atoms with E-state index in [0.29, 0.717) is 56.4 Å². The summed E-state index contributed by atoms with van der Waals surface area (Å²) in [5.74, 6) is -2.04. The van der Waals surface area contributed by atoms with Crippen LogP contribution in [0.15, 0.2) is 24.3 Å². The van der Waals surface area contributed by atoms with E-state index in [1.54, 1.807) is 38.1 Å². The molecule has 0 aliphatic carbocycles. The van der Waals surface area contributed by atoms with E-state index in [2.05, 4.69) is 30.9 Å². The summed E-state index contributed by atoms with van der Waals surface area (Å²) in [7, 11) is 0. The number of amides is 5. The van der Waals surface area contributed by atoms with Crippen molar-refractivity contribution in [3.8, 4) is 0 Å². The smallest absolute Gasteiger partial charge is 0.450 e. The molecule has 0 heterocycles. The third-order valence-electron chi connectivity index (χ3n) is 8.90. The highest BCUT2D eigenvalue weighted by molar-refractivity contribution is 5.98. The molecular weight excluding hydrogens is 718 g/mol. The van der Waals surface area contributed by atoms with Crippen LogP contribution < -0.4 is 32.7 Å². The number of nitrogens with zero attached hydrogens (tertiary/aromatic N) is 1. The zero-order valence-corrected chi connectivity index (χ0v) is 32.3. The lowest BCUT2D eigenvalue weighted by Crippen LogP contribution is -2.56. The highest BCUT2D eigenvalue weighted by atomic mass is 16.7. The fourth-order valence-electron chi connectivity index (χ4n) is 5.69. The molecule has 0 bridgehead atoms. The molecule has 1 aromatic rings. The summed E-state index contributed by atoms with van der Waals surface area (Å²) in [4.78, 5) is 64.0. The minimum atomic E-state index is -1.42. The molecule has 0 aromatic heterocycles. The van der Waals surface area contributed by atoms with Crippen LogP contribution in [0, 0.1) is 5.92 Å². The number of urea groups is 1. The molecule has 0 saturated carbocycles. The molecule has 314 valence electrons. The van der Waals surface area contributed by atoms with Crippen molar-refractivity contribution in [2.24, 2.45) is 17.4 Å². The standard InChI is InChI=1S/C37H65N7O11/c1-25(2)32(35(51)42-31(11-9-18-40-36(39)52)34(50)41-27-14-12-26(13-15-27)24-55-37(53)54)43-33(49)30(38)10-5-7-20-44(19-6-3-4-8-21-45)22-28(47)16-17-29(48)23-46/h12-15,25,28-32,45-48H,3-11,16-24,38H2,1-2H3,(H,41,50)(H,42,51)(H,43,49)(H,53,54)(H3,39,40,52)/t28?,29?,30?,31-,32?/m0/s1. The number of nitrogens with two attached hydrogens (primary N) is 2. The molecule has 0 aliphatic rings. The van der Waals surface area contributed by atoms with Crippen LogP contribution in [0.3, 0.4) is 0 Å². The number of hydrogen-bond acceptors (Lipinski definition) is 12. The zero-order valence-electron chi connectivity index (χ0n) is 32.3. The highest BCUT2D eigenvalue weighted by Gasteiger charge is 2.30. The van der Waals surface area contributed by atoms with E-state index in [4.69, 9.17) is 26.8 Å². The number of aliphatic hydroxyl groups is 4. The van der Waals surface area contributed by atoms with Gasteiger partial charge in [0.15, 0.2) is 0 Å². The Kier molecular flexibility index (Phi) is 25.2. The van der Waals surface area contributed by atoms with Gasteiger partial charge in [-0.3, -0.25) is 14.4 Å². The molecule has 18 nitrogen and oxygen atoms in total. The van der Waals surface area contributed by atoms with Gasteiger partial charge in [0.1, 0.15) is 18.7 Å². The van der Waals surface area contributed by atoms with Crippen molar-refractivity contribution in [1.29, 1.82) is 0 Å². The number of ether oxygens (including phenoxy) is 1. The van der Waals surface area contributed by atoms with Gasteiger partial charge < -0.3 is 67.9 Å². The van der Waals surface area contributed by atoms with Crippen molar-refractivity contribution < 1.29 is 54.2 Å². The number of unbranched alkanes of at least 4 members (excludes halogenated alkanes) is 4. The van der Waals surface area contributed by atoms with Crippen LogP contribution >= 0.6 is 0 Å². The number of carboxylic acid groups (broad SMARTS) is 1. The first-order valence-electron chi connectivity index (χ1n) is 19.1. The number of carbonyl (C=O) groups excluding carboxylic acids is 4. The number of benzene rings is 1. The summed E-state index contributed by atoms with van der Waals surface area (Å²) in [6.45, 7) is 5.04. The number of carbonyl (C=O) groups is 5. The summed E-state index contributed by atoms with van der Waals surface area (Å²) in [5.41, 5.74) is 12.3. The normalized spacial score (nSPS) is 14.1. The van der Waals surface area contributed by atoms with Crippen molar-refractivity contribution in [1.82, 2.24) is 20.9 Å². The number of primary amides is 1. The topological polar surface area (TPSA) is 299 Å². The Hall–Kier alpha value is -4.07. The van der Waals surface area contributed by atoms with E-state index >= 15 is 0 Å². The lowest BCUT2D eigenvalue weighted by Gasteiger charge is -2.27. The average Bonchev–Trinajstić information content (AvgIpc) is 3.14. The van der Waals surface area contributed by atoms with Crippen LogP contribution in [0.5, 0.6) is 0 Å². The Morgan fingerprint density at radius 3 is 2.02 bits per heavy atom. The maximum atomic E-state index is 13.5. The van der Waals surface area contributed by atoms with Gasteiger partial charge in [-0.05, 0) is 88.1 Å². The monoisotopic (exact) mass is 783 g/mol. The Morgan fingerprint density at radius 2 is 1.42 bits per heavy atom. The quantitative estimate of drug-likeness (QED) is 0.0380. The minimum Gasteiger partial charge on any atom is -0.450 e. The predicted molar refractivity (Wildman–Crippen MR) is 206 cm³/mol. The van der Waals surface area contributed by atoms with Gasteiger partial charge in [0.2, 0.25) is 17.7 Å². The van der Waals surface area contributed by atoms with Gasteiger partial charge in [-0.25, -0.2) is 9.59 Å². The fraction of sp³-hybridized carbons (Fsp3) is 0.703. The van der Waals surface area contributed by atoms with Crippen molar-refractivity contribution >= 4 is 35.6 Å². The van der Waals surface area contributed by atoms with Crippen LogP contribution in [0.4, 0.5) is 15.3 Å². The first kappa shape index (κ1) is 48.9. The average molecular weight is 784 g/mol. The highest BCUT2D eigenvalue weighted by Crippen LogP contribution is 2.14. The van der Waals surface area contributed by atoms with Crippen molar-refractivity contribution in [3.63, 3.8) is 0 Å². The summed E-state index contributed by atoms with van der Waals surface area (Å²) in [6.07, 6.45) is 3.17. The van der Waals surface area contributed by atoms with E-state index < -0.39 is 60.2 Å². The maximum absolute atomic E-state index is 13.5. The third kappa shape index (κ3) is 22.8. The second-order valence-corrected chi connectivity index (χ2v) is 14.1. The Morgan fingerprint density at radius 1 is 0.782 bits per heavy atom. The van der Waals surface area contributed by atoms with E-state index in [9.17, 15) is 34.2 Å². The molecule has 4 unspecified atom stereocenters. The summed E-state index contributed by atoms with van der Waals surface area (Å²) >= 11 is 0. The molecule has 0 radical (unpaired) electrons. The molecule has 0 spiro atoms. The van der Waals surface area contributed by atoms with Gasteiger partial charge in [0.05, 0.1) is 24.9 Å². The molecule has 1 aromatic carbocycles. The van der Waals surface area contributed by atoms with E-state index in [1.807, 2.05) is 0 Å². The van der Waals surface area contributed by atoms with Crippen LogP contribution in [-0.4, -0.2) is 130 Å². The van der Waals surface area contributed by atoms with E-state index in [0.717, 1.165) is 32.2 Å². The number of rotatable bonds is 30. The number of hydrogen-bond donors (Lipinski definition) is 11. The Balaban J connectivity index is 2.82. The molecule has 13 N–H and O–H groups in total. The summed E-state index contributed by atoms with van der Waals surface area (Å²) in [6, 6.07) is 2.56. The van der Waals surface area contributed by atoms with Gasteiger partial charge >= 0.3 is 12.2 Å². The summed E-state index contributed by atoms with van der Waals surface area (Å²) in [5, 5.41) is 57.6. The third-order valence-corrected chi connectivity index (χ3v) is 8.90. The molecule has 0 aliphatic heterocycles. The van der Waals surface area contributed by atoms with Crippen LogP contribution in [0.1, 0.15) is 90.0 Å². The molecule has 5 amide bonds. The van der Waals surface area contributed by atoms with Gasteiger partial charge in [0.25, 0.3) is 0 Å². The van der Waals surface area contributed by atoms with E-state index in [1.165, 1.54) is 0 Å². The van der Waals surface area contributed by atoms with E-state index in [-0.39, 0.29) is 45.1 Å². The fourth-order valence-corrected chi connectivity index (χ4v) is 5.69. The number of anilines is 1. The Labute approximate surface area is 323 Å². The largest absolute Gasteiger partial charge is 0.506 e. The first-order valence-corrected chi connectivity index (χ1v) is 19.1. The lowest BCUT2D eigenvalue weighted by molar-refractivity contribution is -0.132. The molecule has 18 heteroatoms. The van der Waals surface area contributed by atoms with Crippen molar-refractivity contribution in [2.75, 3.05) is 44.7 Å². The molecule has 55 heavy (non-hydrogen) atoms. The molecule has 0 fully saturated rings. The molecular formula is C37H65N7O11. The first-order chi connectivity index (χ1) is 26.2. The molecule has 1 rings (SSSR count). The maximum Gasteiger partial charge on any atom is 0.506 e. The zero-order chi connectivity index (χ0) is 41.2. The number of nitrogens with one attached hydrogen (secondary N) is 4. The minimum absolute atomic E-state index is 0.127. The number of aliphatic hydroxyl groups excluding tert-OH is 4. The van der Waals surface area contributed by atoms with Crippen molar-refractivity contribution in [3.05, 3.63) is 29.8 Å². The second-order valence-electron chi connectivity index (χ2n) is 14.1. The summed E-state index contributed by atoms with van der Waals surface area (Å²) < 4.78 is 4.55. The van der Waals surface area contributed by atoms with Crippen molar-refractivity contribution in [2.45, 2.75) is 121 Å². The van der Waals surface area contributed by atoms with Gasteiger partial charge in [-0.2, -0.15) is 0 Å². The van der Waals surface area contributed by atoms with Crippen LogP contribution in [-0.2, 0) is 25.7 Å². The van der Waals surface area contributed by atoms with Crippen LogP contribution in [0.2, 0.25) is 0 Å². The lowest BCUT2D eigenvalue weighted by atomic mass is 10.0. The van der Waals surface area contributed by atoms with Crippen LogP contribution in [0.25, 0.3) is 0 Å². The van der Waals surface area contributed by atoms with Gasteiger partial charge in [-0.15, -0.1) is 0 Å². The molecule has 5 atom stereocenters. The predicted octanol–water partition coefficient (Wildman–Crippen LogP) is 0.740. The molecule has 0 saturated heterocycles. The van der Waals surface area contributed by atoms with Gasteiger partial charge in [-0.1, -0.05) is 45.2 Å². The Bertz CT molecular complexity index is 1270.